The quantitative estimate of drug-likeness (QED) is 0.813. The molecule has 0 amide bonds. The molecule has 0 atom stereocenters. The van der Waals surface area contributed by atoms with Gasteiger partial charge in [-0.25, -0.2) is 9.78 Å². The smallest absolute Gasteiger partial charge is 0.433 e. The molecule has 0 aromatic carbocycles. The van der Waals surface area contributed by atoms with E-state index in [1.54, 1.807) is 0 Å². The number of methoxy groups -OCH3 is 1. The Labute approximate surface area is 123 Å². The van der Waals surface area contributed by atoms with Crippen LogP contribution in [0.3, 0.4) is 0 Å². The molecule has 0 radical (unpaired) electrons. The van der Waals surface area contributed by atoms with Gasteiger partial charge in [0.2, 0.25) is 5.89 Å². The average molecular weight is 312 g/mol. The Bertz CT molecular complexity index is 703. The van der Waals surface area contributed by atoms with Crippen LogP contribution in [0.4, 0.5) is 13.2 Å². The molecule has 0 N–H and O–H groups in total. The van der Waals surface area contributed by atoms with Gasteiger partial charge in [0, 0.05) is 12.1 Å². The second-order valence-corrected chi connectivity index (χ2v) is 4.93. The second kappa shape index (κ2) is 5.11. The van der Waals surface area contributed by atoms with E-state index in [0.29, 0.717) is 5.76 Å². The molecule has 8 heteroatoms. The molecule has 1 fully saturated rings. The van der Waals surface area contributed by atoms with Gasteiger partial charge in [0.15, 0.2) is 5.69 Å². The zero-order valence-electron chi connectivity index (χ0n) is 11.5. The first-order valence-electron chi connectivity index (χ1n) is 6.53. The molecule has 1 saturated carbocycles. The summed E-state index contributed by atoms with van der Waals surface area (Å²) < 4.78 is 47.7. The van der Waals surface area contributed by atoms with Crippen molar-refractivity contribution in [1.82, 2.24) is 9.97 Å². The van der Waals surface area contributed by atoms with Crippen LogP contribution in [0.15, 0.2) is 22.7 Å². The molecule has 1 aliphatic rings. The fourth-order valence-corrected chi connectivity index (χ4v) is 2.01. The maximum atomic E-state index is 12.5. The first-order chi connectivity index (χ1) is 10.4. The van der Waals surface area contributed by atoms with Crippen LogP contribution in [0.2, 0.25) is 0 Å². The van der Waals surface area contributed by atoms with Crippen LogP contribution in [-0.2, 0) is 10.9 Å². The minimum Gasteiger partial charge on any atom is -0.464 e. The van der Waals surface area contributed by atoms with Crippen LogP contribution in [0.5, 0.6) is 0 Å². The van der Waals surface area contributed by atoms with E-state index < -0.39 is 17.8 Å². The number of rotatable bonds is 3. The molecule has 22 heavy (non-hydrogen) atoms. The van der Waals surface area contributed by atoms with Crippen molar-refractivity contribution >= 4 is 5.97 Å². The van der Waals surface area contributed by atoms with Gasteiger partial charge in [-0.3, -0.25) is 4.98 Å². The predicted octanol–water partition coefficient (Wildman–Crippen LogP) is 3.42. The van der Waals surface area contributed by atoms with E-state index in [-0.39, 0.29) is 23.1 Å². The lowest BCUT2D eigenvalue weighted by atomic mass is 10.2. The third kappa shape index (κ3) is 2.68. The normalized spacial score (nSPS) is 14.9. The fraction of sp³-hybridized carbons (Fsp3) is 0.357. The Morgan fingerprint density at radius 1 is 1.36 bits per heavy atom. The monoisotopic (exact) mass is 312 g/mol. The number of carbonyl (C=O) groups is 1. The van der Waals surface area contributed by atoms with Crippen molar-refractivity contribution in [1.29, 1.82) is 0 Å². The van der Waals surface area contributed by atoms with Gasteiger partial charge >= 0.3 is 12.1 Å². The molecule has 0 aliphatic heterocycles. The van der Waals surface area contributed by atoms with Crippen molar-refractivity contribution < 1.29 is 27.1 Å². The highest BCUT2D eigenvalue weighted by molar-refractivity contribution is 5.89. The maximum Gasteiger partial charge on any atom is 0.433 e. The van der Waals surface area contributed by atoms with Gasteiger partial charge in [-0.1, -0.05) is 0 Å². The summed E-state index contributed by atoms with van der Waals surface area (Å²) >= 11 is 0. The van der Waals surface area contributed by atoms with Crippen molar-refractivity contribution in [3.8, 4) is 11.5 Å². The third-order valence-corrected chi connectivity index (χ3v) is 3.28. The van der Waals surface area contributed by atoms with Gasteiger partial charge in [-0.15, -0.1) is 0 Å². The van der Waals surface area contributed by atoms with Crippen molar-refractivity contribution in [3.63, 3.8) is 0 Å². The molecule has 5 nitrogen and oxygen atoms in total. The molecule has 2 heterocycles. The third-order valence-electron chi connectivity index (χ3n) is 3.28. The van der Waals surface area contributed by atoms with E-state index in [9.17, 15) is 18.0 Å². The Kier molecular flexibility index (Phi) is 3.38. The van der Waals surface area contributed by atoms with Crippen LogP contribution < -0.4 is 0 Å². The number of ether oxygens (including phenoxy) is 1. The van der Waals surface area contributed by atoms with Gasteiger partial charge in [0.25, 0.3) is 0 Å². The molecular formula is C14H11F3N2O3. The topological polar surface area (TPSA) is 65.2 Å². The minimum atomic E-state index is -4.51. The molecule has 0 saturated heterocycles. The van der Waals surface area contributed by atoms with E-state index in [1.165, 1.54) is 13.2 Å². The fourth-order valence-electron chi connectivity index (χ4n) is 2.01. The largest absolute Gasteiger partial charge is 0.464 e. The van der Waals surface area contributed by atoms with Crippen LogP contribution in [0.25, 0.3) is 11.5 Å². The molecule has 0 spiro atoms. The van der Waals surface area contributed by atoms with E-state index in [2.05, 4.69) is 14.7 Å². The average Bonchev–Trinajstić information content (AvgIpc) is 3.24. The van der Waals surface area contributed by atoms with Gasteiger partial charge in [0.05, 0.1) is 12.7 Å². The van der Waals surface area contributed by atoms with Crippen molar-refractivity contribution in [2.75, 3.05) is 7.11 Å². The van der Waals surface area contributed by atoms with Crippen molar-refractivity contribution in [2.45, 2.75) is 24.9 Å². The summed E-state index contributed by atoms with van der Waals surface area (Å²) in [5, 5.41) is 0. The lowest BCUT2D eigenvalue weighted by molar-refractivity contribution is -0.141. The lowest BCUT2D eigenvalue weighted by Crippen LogP contribution is -2.07. The van der Waals surface area contributed by atoms with Gasteiger partial charge in [-0.05, 0) is 25.0 Å². The molecule has 3 rings (SSSR count). The summed E-state index contributed by atoms with van der Waals surface area (Å²) in [5.41, 5.74) is -0.664. The number of oxazole rings is 1. The summed E-state index contributed by atoms with van der Waals surface area (Å²) in [6, 6.07) is 2.05. The molecule has 0 unspecified atom stereocenters. The zero-order valence-corrected chi connectivity index (χ0v) is 11.5. The van der Waals surface area contributed by atoms with Crippen LogP contribution >= 0.6 is 0 Å². The Morgan fingerprint density at radius 2 is 2.09 bits per heavy atom. The van der Waals surface area contributed by atoms with Gasteiger partial charge in [0.1, 0.15) is 11.5 Å². The minimum absolute atomic E-state index is 0.0588. The maximum absolute atomic E-state index is 12.5. The van der Waals surface area contributed by atoms with E-state index >= 15 is 0 Å². The number of pyridine rings is 1. The lowest BCUT2D eigenvalue weighted by Gasteiger charge is -2.04. The molecule has 116 valence electrons. The highest BCUT2D eigenvalue weighted by Crippen LogP contribution is 2.43. The standard InChI is InChI=1S/C14H11F3N2O3/c1-21-13(20)10-11(7-2-3-7)22-12(19-10)8-4-5-9(18-6-8)14(15,16)17/h4-7H,2-3H2,1H3. The number of halogens is 3. The Balaban J connectivity index is 1.96. The second-order valence-electron chi connectivity index (χ2n) is 4.93. The number of hydrogen-bond acceptors (Lipinski definition) is 5. The van der Waals surface area contributed by atoms with Gasteiger partial charge in [-0.2, -0.15) is 13.2 Å². The SMILES string of the molecule is COC(=O)c1nc(-c2ccc(C(F)(F)F)nc2)oc1C1CC1. The number of aromatic nitrogens is 2. The van der Waals surface area contributed by atoms with Crippen molar-refractivity contribution in [3.05, 3.63) is 35.5 Å². The van der Waals surface area contributed by atoms with E-state index in [1.807, 2.05) is 0 Å². The summed E-state index contributed by atoms with van der Waals surface area (Å²) in [6.07, 6.45) is -1.73. The highest BCUT2D eigenvalue weighted by atomic mass is 19.4. The van der Waals surface area contributed by atoms with Crippen molar-refractivity contribution in [2.24, 2.45) is 0 Å². The number of hydrogen-bond donors (Lipinski definition) is 0. The molecular weight excluding hydrogens is 301 g/mol. The summed E-state index contributed by atoms with van der Waals surface area (Å²) in [6.45, 7) is 0. The van der Waals surface area contributed by atoms with Crippen LogP contribution in [0.1, 0.15) is 40.7 Å². The molecule has 0 bridgehead atoms. The number of alkyl halides is 3. The van der Waals surface area contributed by atoms with E-state index in [4.69, 9.17) is 4.42 Å². The predicted molar refractivity (Wildman–Crippen MR) is 68.1 cm³/mol. The number of carbonyl (C=O) groups excluding carboxylic acids is 1. The zero-order chi connectivity index (χ0) is 15.9. The summed E-state index contributed by atoms with van der Waals surface area (Å²) in [5.74, 6) is -0.0419. The first-order valence-corrected chi connectivity index (χ1v) is 6.53. The first kappa shape index (κ1) is 14.6. The Hall–Kier alpha value is -2.38. The molecule has 1 aliphatic carbocycles. The molecule has 2 aromatic rings. The van der Waals surface area contributed by atoms with Crippen LogP contribution in [-0.4, -0.2) is 23.0 Å². The van der Waals surface area contributed by atoms with Gasteiger partial charge < -0.3 is 9.15 Å². The Morgan fingerprint density at radius 3 is 2.59 bits per heavy atom. The highest BCUT2D eigenvalue weighted by Gasteiger charge is 2.35. The summed E-state index contributed by atoms with van der Waals surface area (Å²) in [4.78, 5) is 19.1. The van der Waals surface area contributed by atoms with Crippen LogP contribution in [0, 0.1) is 0 Å². The number of esters is 1. The van der Waals surface area contributed by atoms with E-state index in [0.717, 1.165) is 25.1 Å². The summed E-state index contributed by atoms with van der Waals surface area (Å²) in [7, 11) is 1.23. The number of nitrogens with zero attached hydrogens (tertiary/aromatic N) is 2. The molecule has 2 aromatic heterocycles.